The molecular formula is C17H26N2O2. The lowest BCUT2D eigenvalue weighted by Gasteiger charge is -2.32. The van der Waals surface area contributed by atoms with E-state index in [1.165, 1.54) is 0 Å². The molecule has 0 saturated heterocycles. The van der Waals surface area contributed by atoms with Crippen molar-refractivity contribution < 1.29 is 9.90 Å². The molecule has 1 fully saturated rings. The Morgan fingerprint density at radius 2 is 1.95 bits per heavy atom. The summed E-state index contributed by atoms with van der Waals surface area (Å²) in [5.41, 5.74) is 6.30. The summed E-state index contributed by atoms with van der Waals surface area (Å²) in [6.07, 6.45) is 5.03. The summed E-state index contributed by atoms with van der Waals surface area (Å²) < 4.78 is 0. The number of hydrogen-bond donors (Lipinski definition) is 3. The van der Waals surface area contributed by atoms with Gasteiger partial charge in [-0.3, -0.25) is 4.79 Å². The van der Waals surface area contributed by atoms with Gasteiger partial charge in [0, 0.05) is 6.04 Å². The van der Waals surface area contributed by atoms with Crippen LogP contribution in [-0.4, -0.2) is 23.7 Å². The lowest BCUT2D eigenvalue weighted by Crippen LogP contribution is -2.51. The molecule has 3 unspecified atom stereocenters. The Labute approximate surface area is 126 Å². The molecule has 0 bridgehead atoms. The van der Waals surface area contributed by atoms with Crippen LogP contribution in [0.1, 0.15) is 44.6 Å². The van der Waals surface area contributed by atoms with E-state index in [4.69, 9.17) is 5.73 Å². The van der Waals surface area contributed by atoms with Crippen LogP contribution in [-0.2, 0) is 10.3 Å². The average Bonchev–Trinajstić information content (AvgIpc) is 2.72. The second-order valence-electron chi connectivity index (χ2n) is 6.25. The van der Waals surface area contributed by atoms with Crippen molar-refractivity contribution in [2.24, 2.45) is 11.7 Å². The Morgan fingerprint density at radius 3 is 2.62 bits per heavy atom. The van der Waals surface area contributed by atoms with Gasteiger partial charge in [-0.05, 0) is 25.3 Å². The van der Waals surface area contributed by atoms with Crippen LogP contribution >= 0.6 is 0 Å². The van der Waals surface area contributed by atoms with Crippen molar-refractivity contribution in [3.8, 4) is 0 Å². The number of benzene rings is 1. The fraction of sp³-hybridized carbons (Fsp3) is 0.588. The van der Waals surface area contributed by atoms with Crippen LogP contribution in [0.2, 0.25) is 0 Å². The third-order valence-corrected chi connectivity index (χ3v) is 4.53. The fourth-order valence-corrected chi connectivity index (χ4v) is 3.04. The van der Waals surface area contributed by atoms with Crippen LogP contribution in [0.4, 0.5) is 0 Å². The first-order valence-corrected chi connectivity index (χ1v) is 7.81. The second-order valence-corrected chi connectivity index (χ2v) is 6.25. The van der Waals surface area contributed by atoms with Crippen LogP contribution in [0, 0.1) is 5.92 Å². The number of amides is 1. The maximum atomic E-state index is 12.6. The summed E-state index contributed by atoms with van der Waals surface area (Å²) >= 11 is 0. The molecule has 4 N–H and O–H groups in total. The number of rotatable bonds is 4. The van der Waals surface area contributed by atoms with Crippen molar-refractivity contribution in [2.45, 2.75) is 50.6 Å². The molecule has 3 atom stereocenters. The Morgan fingerprint density at radius 1 is 1.29 bits per heavy atom. The van der Waals surface area contributed by atoms with Crippen molar-refractivity contribution in [1.82, 2.24) is 5.32 Å². The number of nitrogens with one attached hydrogen (secondary N) is 1. The summed E-state index contributed by atoms with van der Waals surface area (Å²) in [6, 6.07) is 9.50. The van der Waals surface area contributed by atoms with E-state index in [1.807, 2.05) is 37.3 Å². The van der Waals surface area contributed by atoms with Gasteiger partial charge in [-0.1, -0.05) is 49.6 Å². The van der Waals surface area contributed by atoms with Crippen molar-refractivity contribution in [3.05, 3.63) is 35.9 Å². The van der Waals surface area contributed by atoms with Gasteiger partial charge in [0.05, 0.1) is 18.1 Å². The summed E-state index contributed by atoms with van der Waals surface area (Å²) in [7, 11) is 0. The molecule has 116 valence electrons. The molecule has 1 saturated carbocycles. The molecule has 0 spiro atoms. The minimum atomic E-state index is -0.760. The van der Waals surface area contributed by atoms with E-state index >= 15 is 0 Å². The molecule has 4 nitrogen and oxygen atoms in total. The van der Waals surface area contributed by atoms with E-state index < -0.39 is 5.54 Å². The third kappa shape index (κ3) is 3.83. The maximum absolute atomic E-state index is 12.6. The van der Waals surface area contributed by atoms with Crippen LogP contribution < -0.4 is 11.1 Å². The van der Waals surface area contributed by atoms with E-state index in [0.717, 1.165) is 37.7 Å². The standard InChI is InChI=1S/C17H26N2O2/c1-17(12-20,13-8-4-2-5-9-13)19-16(21)14-10-6-3-7-11-15(14)18/h2,4-5,8-9,14-15,20H,3,6-7,10-12,18H2,1H3,(H,19,21). The van der Waals surface area contributed by atoms with E-state index in [-0.39, 0.29) is 24.5 Å². The molecule has 4 heteroatoms. The Balaban J connectivity index is 2.12. The van der Waals surface area contributed by atoms with Crippen molar-refractivity contribution >= 4 is 5.91 Å². The highest BCUT2D eigenvalue weighted by molar-refractivity contribution is 5.80. The minimum absolute atomic E-state index is 0.0372. The predicted molar refractivity (Wildman–Crippen MR) is 83.6 cm³/mol. The highest BCUT2D eigenvalue weighted by Gasteiger charge is 2.33. The van der Waals surface area contributed by atoms with Crippen LogP contribution in [0.15, 0.2) is 30.3 Å². The minimum Gasteiger partial charge on any atom is -0.394 e. The van der Waals surface area contributed by atoms with Crippen molar-refractivity contribution in [3.63, 3.8) is 0 Å². The molecule has 0 aliphatic heterocycles. The van der Waals surface area contributed by atoms with Gasteiger partial charge in [-0.15, -0.1) is 0 Å². The summed E-state index contributed by atoms with van der Waals surface area (Å²) in [6.45, 7) is 1.72. The van der Waals surface area contributed by atoms with Gasteiger partial charge in [0.2, 0.25) is 5.91 Å². The van der Waals surface area contributed by atoms with Crippen LogP contribution in [0.3, 0.4) is 0 Å². The molecule has 1 aromatic rings. The molecule has 0 radical (unpaired) electrons. The quantitative estimate of drug-likeness (QED) is 0.742. The zero-order chi connectivity index (χ0) is 15.3. The van der Waals surface area contributed by atoms with Gasteiger partial charge < -0.3 is 16.2 Å². The monoisotopic (exact) mass is 290 g/mol. The molecule has 0 heterocycles. The number of aliphatic hydroxyl groups excluding tert-OH is 1. The van der Waals surface area contributed by atoms with E-state index in [9.17, 15) is 9.90 Å². The Hall–Kier alpha value is -1.39. The molecule has 1 aromatic carbocycles. The number of nitrogens with two attached hydrogens (primary N) is 1. The normalized spacial score (nSPS) is 25.7. The fourth-order valence-electron chi connectivity index (χ4n) is 3.04. The van der Waals surface area contributed by atoms with E-state index in [2.05, 4.69) is 5.32 Å². The van der Waals surface area contributed by atoms with Gasteiger partial charge in [-0.25, -0.2) is 0 Å². The van der Waals surface area contributed by atoms with Crippen LogP contribution in [0.25, 0.3) is 0 Å². The summed E-state index contributed by atoms with van der Waals surface area (Å²) in [5.74, 6) is -0.188. The highest BCUT2D eigenvalue weighted by atomic mass is 16.3. The first-order valence-electron chi connectivity index (χ1n) is 7.81. The number of carbonyl (C=O) groups is 1. The molecule has 0 aromatic heterocycles. The summed E-state index contributed by atoms with van der Waals surface area (Å²) in [4.78, 5) is 12.6. The van der Waals surface area contributed by atoms with Gasteiger partial charge in [0.15, 0.2) is 0 Å². The van der Waals surface area contributed by atoms with Gasteiger partial charge >= 0.3 is 0 Å². The van der Waals surface area contributed by atoms with Crippen molar-refractivity contribution in [2.75, 3.05) is 6.61 Å². The number of carbonyl (C=O) groups excluding carboxylic acids is 1. The summed E-state index contributed by atoms with van der Waals surface area (Å²) in [5, 5.41) is 12.8. The zero-order valence-corrected chi connectivity index (χ0v) is 12.7. The number of aliphatic hydroxyl groups is 1. The first kappa shape index (κ1) is 16.0. The lowest BCUT2D eigenvalue weighted by molar-refractivity contribution is -0.128. The maximum Gasteiger partial charge on any atom is 0.225 e. The van der Waals surface area contributed by atoms with E-state index in [0.29, 0.717) is 0 Å². The second kappa shape index (κ2) is 7.05. The van der Waals surface area contributed by atoms with Crippen molar-refractivity contribution in [1.29, 1.82) is 0 Å². The molecule has 1 aliphatic rings. The highest BCUT2D eigenvalue weighted by Crippen LogP contribution is 2.25. The predicted octanol–water partition coefficient (Wildman–Crippen LogP) is 1.92. The Kier molecular flexibility index (Phi) is 5.37. The molecule has 1 aliphatic carbocycles. The Bertz CT molecular complexity index is 463. The van der Waals surface area contributed by atoms with Gasteiger partial charge in [0.25, 0.3) is 0 Å². The SMILES string of the molecule is CC(CO)(NC(=O)C1CCCCCC1N)c1ccccc1. The van der Waals surface area contributed by atoms with Crippen LogP contribution in [0.5, 0.6) is 0 Å². The molecule has 21 heavy (non-hydrogen) atoms. The lowest BCUT2D eigenvalue weighted by atomic mass is 9.89. The largest absolute Gasteiger partial charge is 0.394 e. The van der Waals surface area contributed by atoms with Gasteiger partial charge in [-0.2, -0.15) is 0 Å². The average molecular weight is 290 g/mol. The molecule has 1 amide bonds. The molecule has 2 rings (SSSR count). The zero-order valence-electron chi connectivity index (χ0n) is 12.7. The smallest absolute Gasteiger partial charge is 0.225 e. The third-order valence-electron chi connectivity index (χ3n) is 4.53. The van der Waals surface area contributed by atoms with Gasteiger partial charge in [0.1, 0.15) is 0 Å². The molecular weight excluding hydrogens is 264 g/mol. The number of hydrogen-bond acceptors (Lipinski definition) is 3. The first-order chi connectivity index (χ1) is 10.1. The topological polar surface area (TPSA) is 75.3 Å². The van der Waals surface area contributed by atoms with E-state index in [1.54, 1.807) is 0 Å².